The van der Waals surface area contributed by atoms with E-state index >= 15 is 0 Å². The van der Waals surface area contributed by atoms with Gasteiger partial charge in [-0.1, -0.05) is 29.8 Å². The fourth-order valence-electron chi connectivity index (χ4n) is 3.31. The van der Waals surface area contributed by atoms with E-state index in [9.17, 15) is 13.2 Å². The van der Waals surface area contributed by atoms with Gasteiger partial charge in [-0.25, -0.2) is 8.42 Å². The molecule has 6 nitrogen and oxygen atoms in total. The van der Waals surface area contributed by atoms with Crippen molar-refractivity contribution in [2.75, 3.05) is 36.0 Å². The van der Waals surface area contributed by atoms with Gasteiger partial charge in [0.15, 0.2) is 0 Å². The Morgan fingerprint density at radius 2 is 1.72 bits per heavy atom. The Bertz CT molecular complexity index is 1240. The summed E-state index contributed by atoms with van der Waals surface area (Å²) in [7, 11) is -3.97. The predicted octanol–water partition coefficient (Wildman–Crippen LogP) is 5.71. The van der Waals surface area contributed by atoms with Gasteiger partial charge in [0.05, 0.1) is 17.2 Å². The van der Waals surface area contributed by atoms with Gasteiger partial charge in [-0.15, -0.1) is 11.8 Å². The number of ether oxygens (including phenoxy) is 1. The molecule has 10 heteroatoms. The van der Waals surface area contributed by atoms with Gasteiger partial charge < -0.3 is 10.1 Å². The molecule has 3 aromatic carbocycles. The molecule has 0 aliphatic rings. The van der Waals surface area contributed by atoms with E-state index in [0.29, 0.717) is 30.3 Å². The van der Waals surface area contributed by atoms with Crippen LogP contribution in [-0.4, -0.2) is 46.0 Å². The molecule has 0 bridgehead atoms. The van der Waals surface area contributed by atoms with Gasteiger partial charge in [-0.3, -0.25) is 9.10 Å². The van der Waals surface area contributed by atoms with Crippen LogP contribution in [0.3, 0.4) is 0 Å². The van der Waals surface area contributed by atoms with Crippen molar-refractivity contribution in [1.82, 2.24) is 5.32 Å². The van der Waals surface area contributed by atoms with Crippen molar-refractivity contribution in [1.29, 1.82) is 0 Å². The topological polar surface area (TPSA) is 75.7 Å². The molecule has 36 heavy (non-hydrogen) atoms. The number of rotatable bonds is 13. The Kier molecular flexibility index (Phi) is 10.9. The number of thioether (sulfide) groups is 2. The van der Waals surface area contributed by atoms with Crippen LogP contribution in [0.15, 0.2) is 82.6 Å². The quantitative estimate of drug-likeness (QED) is 0.212. The van der Waals surface area contributed by atoms with Gasteiger partial charge in [-0.2, -0.15) is 11.8 Å². The van der Waals surface area contributed by atoms with Crippen LogP contribution in [0, 0.1) is 0 Å². The SMILES string of the molecule is CCOc1ccc(N(CC(=O)NCCSCc2ccccc2Cl)S(=O)(=O)c2ccc(SC)cc2)cc1. The number of amides is 1. The molecule has 0 fully saturated rings. The second kappa shape index (κ2) is 13.8. The first-order valence-electron chi connectivity index (χ1n) is 11.3. The molecule has 3 rings (SSSR count). The summed E-state index contributed by atoms with van der Waals surface area (Å²) >= 11 is 9.36. The molecule has 1 N–H and O–H groups in total. The summed E-state index contributed by atoms with van der Waals surface area (Å²) in [6.07, 6.45) is 1.92. The van der Waals surface area contributed by atoms with Crippen LogP contribution >= 0.6 is 35.1 Å². The number of anilines is 1. The third-order valence-electron chi connectivity index (χ3n) is 5.15. The van der Waals surface area contributed by atoms with Gasteiger partial charge in [-0.05, 0) is 73.3 Å². The van der Waals surface area contributed by atoms with Gasteiger partial charge in [0.2, 0.25) is 5.91 Å². The molecule has 1 amide bonds. The zero-order valence-electron chi connectivity index (χ0n) is 20.1. The Balaban J connectivity index is 1.68. The summed E-state index contributed by atoms with van der Waals surface area (Å²) < 4.78 is 33.7. The van der Waals surface area contributed by atoms with E-state index in [4.69, 9.17) is 16.3 Å². The molecule has 0 radical (unpaired) electrons. The van der Waals surface area contributed by atoms with E-state index < -0.39 is 10.0 Å². The molecule has 0 spiro atoms. The van der Waals surface area contributed by atoms with E-state index in [0.717, 1.165) is 25.5 Å². The zero-order valence-corrected chi connectivity index (χ0v) is 23.4. The van der Waals surface area contributed by atoms with Crippen LogP contribution in [0.1, 0.15) is 12.5 Å². The monoisotopic (exact) mass is 564 g/mol. The highest BCUT2D eigenvalue weighted by atomic mass is 35.5. The van der Waals surface area contributed by atoms with Crippen molar-refractivity contribution in [2.24, 2.45) is 0 Å². The average Bonchev–Trinajstić information content (AvgIpc) is 2.89. The van der Waals surface area contributed by atoms with E-state index in [1.807, 2.05) is 37.4 Å². The standard InChI is InChI=1S/C26H29ClN2O4S3/c1-3-33-22-10-8-21(9-11-22)29(36(31,32)24-14-12-23(34-2)13-15-24)18-26(30)28-16-17-35-19-20-6-4-5-7-25(20)27/h4-15H,3,16-19H2,1-2H3,(H,28,30). The summed E-state index contributed by atoms with van der Waals surface area (Å²) in [4.78, 5) is 13.9. The minimum Gasteiger partial charge on any atom is -0.494 e. The van der Waals surface area contributed by atoms with Crippen molar-refractivity contribution >= 4 is 56.7 Å². The van der Waals surface area contributed by atoms with Crippen molar-refractivity contribution < 1.29 is 17.9 Å². The smallest absolute Gasteiger partial charge is 0.264 e. The Morgan fingerprint density at radius 3 is 2.36 bits per heavy atom. The molecule has 0 atom stereocenters. The van der Waals surface area contributed by atoms with Crippen molar-refractivity contribution in [3.8, 4) is 5.75 Å². The van der Waals surface area contributed by atoms with Crippen molar-refractivity contribution in [3.05, 3.63) is 83.4 Å². The lowest BCUT2D eigenvalue weighted by molar-refractivity contribution is -0.119. The first-order valence-corrected chi connectivity index (χ1v) is 15.5. The zero-order chi connectivity index (χ0) is 26.0. The molecule has 0 aliphatic carbocycles. The Hall–Kier alpha value is -2.33. The second-order valence-corrected chi connectivity index (χ2v) is 11.9. The molecule has 0 saturated carbocycles. The molecule has 0 saturated heterocycles. The van der Waals surface area contributed by atoms with Crippen LogP contribution < -0.4 is 14.4 Å². The first kappa shape index (κ1) is 28.2. The van der Waals surface area contributed by atoms with Crippen LogP contribution in [0.2, 0.25) is 5.02 Å². The summed E-state index contributed by atoms with van der Waals surface area (Å²) in [5, 5.41) is 3.55. The molecule has 3 aromatic rings. The lowest BCUT2D eigenvalue weighted by Crippen LogP contribution is -2.41. The number of hydrogen-bond acceptors (Lipinski definition) is 6. The summed E-state index contributed by atoms with van der Waals surface area (Å²) in [6, 6.07) is 21.0. The normalized spacial score (nSPS) is 11.2. The average molecular weight is 565 g/mol. The first-order chi connectivity index (χ1) is 17.3. The van der Waals surface area contributed by atoms with Crippen molar-refractivity contribution in [2.45, 2.75) is 22.5 Å². The summed E-state index contributed by atoms with van der Waals surface area (Å²) in [5.41, 5.74) is 1.42. The third kappa shape index (κ3) is 7.83. The predicted molar refractivity (Wildman–Crippen MR) is 151 cm³/mol. The lowest BCUT2D eigenvalue weighted by atomic mass is 10.2. The van der Waals surface area contributed by atoms with Crippen molar-refractivity contribution in [3.63, 3.8) is 0 Å². The fraction of sp³-hybridized carbons (Fsp3) is 0.269. The second-order valence-electron chi connectivity index (χ2n) is 7.61. The minimum atomic E-state index is -3.97. The molecule has 0 unspecified atom stereocenters. The number of nitrogens with one attached hydrogen (secondary N) is 1. The number of nitrogens with zero attached hydrogens (tertiary/aromatic N) is 1. The van der Waals surface area contributed by atoms with E-state index in [1.165, 1.54) is 11.8 Å². The van der Waals surface area contributed by atoms with Crippen LogP contribution in [0.4, 0.5) is 5.69 Å². The molecular formula is C26H29ClN2O4S3. The van der Waals surface area contributed by atoms with Gasteiger partial charge in [0.25, 0.3) is 10.0 Å². The maximum absolute atomic E-state index is 13.5. The molecule has 192 valence electrons. The van der Waals surface area contributed by atoms with Crippen LogP contribution in [0.25, 0.3) is 0 Å². The maximum Gasteiger partial charge on any atom is 0.264 e. The van der Waals surface area contributed by atoms with Gasteiger partial charge in [0, 0.05) is 28.0 Å². The van der Waals surface area contributed by atoms with E-state index in [-0.39, 0.29) is 17.3 Å². The summed E-state index contributed by atoms with van der Waals surface area (Å²) in [5.74, 6) is 1.64. The summed E-state index contributed by atoms with van der Waals surface area (Å²) in [6.45, 7) is 2.45. The van der Waals surface area contributed by atoms with Crippen LogP contribution in [-0.2, 0) is 20.6 Å². The highest BCUT2D eigenvalue weighted by Gasteiger charge is 2.27. The van der Waals surface area contributed by atoms with E-state index in [2.05, 4.69) is 5.32 Å². The highest BCUT2D eigenvalue weighted by molar-refractivity contribution is 7.98. The Labute approximate surface area is 226 Å². The minimum absolute atomic E-state index is 0.122. The maximum atomic E-state index is 13.5. The molecule has 0 aliphatic heterocycles. The number of carbonyl (C=O) groups is 1. The fourth-order valence-corrected chi connectivity index (χ4v) is 6.29. The number of carbonyl (C=O) groups excluding carboxylic acids is 1. The molecule has 0 heterocycles. The van der Waals surface area contributed by atoms with E-state index in [1.54, 1.807) is 60.3 Å². The molecule has 0 aromatic heterocycles. The highest BCUT2D eigenvalue weighted by Crippen LogP contribution is 2.27. The van der Waals surface area contributed by atoms with Gasteiger partial charge in [0.1, 0.15) is 12.3 Å². The largest absolute Gasteiger partial charge is 0.494 e. The lowest BCUT2D eigenvalue weighted by Gasteiger charge is -2.24. The number of sulfonamides is 1. The number of hydrogen-bond donors (Lipinski definition) is 1. The Morgan fingerprint density at radius 1 is 1.03 bits per heavy atom. The van der Waals surface area contributed by atoms with Crippen LogP contribution in [0.5, 0.6) is 5.75 Å². The van der Waals surface area contributed by atoms with Gasteiger partial charge >= 0.3 is 0 Å². The molecular weight excluding hydrogens is 536 g/mol. The number of benzene rings is 3. The third-order valence-corrected chi connectivity index (χ3v) is 9.06. The number of halogens is 1.